The first kappa shape index (κ1) is 18.1. The van der Waals surface area contributed by atoms with Gasteiger partial charge in [0.15, 0.2) is 11.7 Å². The van der Waals surface area contributed by atoms with Gasteiger partial charge in [-0.2, -0.15) is 11.8 Å². The number of aliphatic imine (C=N–C) groups is 1. The molecule has 0 aliphatic heterocycles. The number of thioether (sulfide) groups is 1. The molecule has 0 aromatic carbocycles. The van der Waals surface area contributed by atoms with Crippen molar-refractivity contribution in [3.05, 3.63) is 23.7 Å². The maximum Gasteiger partial charge on any atom is 0.284 e. The smallest absolute Gasteiger partial charge is 0.284 e. The highest BCUT2D eigenvalue weighted by Gasteiger charge is 2.07. The number of hydrogen-bond donors (Lipinski definition) is 3. The van der Waals surface area contributed by atoms with E-state index in [2.05, 4.69) is 15.6 Å². The molecule has 8 heteroatoms. The van der Waals surface area contributed by atoms with E-state index in [9.17, 15) is 4.79 Å². The number of nitrogens with one attached hydrogen (secondary N) is 2. The summed E-state index contributed by atoms with van der Waals surface area (Å²) in [7, 11) is 1.70. The number of furan rings is 1. The second kappa shape index (κ2) is 9.96. The Kier molecular flexibility index (Phi) is 9.48. The Morgan fingerprint density at radius 3 is 2.74 bits per heavy atom. The Bertz CT molecular complexity index is 423. The van der Waals surface area contributed by atoms with E-state index in [-0.39, 0.29) is 29.7 Å². The van der Waals surface area contributed by atoms with Crippen LogP contribution in [0.3, 0.4) is 0 Å². The summed E-state index contributed by atoms with van der Waals surface area (Å²) in [5.74, 6) is 1.94. The van der Waals surface area contributed by atoms with Crippen molar-refractivity contribution in [1.29, 1.82) is 0 Å². The fraction of sp³-hybridized carbons (Fsp3) is 0.455. The summed E-state index contributed by atoms with van der Waals surface area (Å²) in [6.07, 6.45) is 2.05. The first-order valence-corrected chi connectivity index (χ1v) is 6.88. The summed E-state index contributed by atoms with van der Waals surface area (Å²) in [4.78, 5) is 14.9. The first-order valence-electron chi connectivity index (χ1n) is 5.49. The van der Waals surface area contributed by atoms with Crippen LogP contribution in [-0.4, -0.2) is 37.5 Å². The predicted octanol–water partition coefficient (Wildman–Crippen LogP) is 1.02. The van der Waals surface area contributed by atoms with Crippen LogP contribution in [0.5, 0.6) is 0 Å². The van der Waals surface area contributed by atoms with Crippen LogP contribution in [0.4, 0.5) is 0 Å². The summed E-state index contributed by atoms with van der Waals surface area (Å²) in [5.41, 5.74) is 5.10. The minimum Gasteiger partial charge on any atom is -0.454 e. The highest BCUT2D eigenvalue weighted by Crippen LogP contribution is 2.06. The van der Waals surface area contributed by atoms with Gasteiger partial charge < -0.3 is 20.8 Å². The standard InChI is InChI=1S/C11H18N4O2S.HI/c1-13-11(14-5-6-18-2)15-7-8-3-4-9(17-8)10(12)16;/h3-4H,5-7H2,1-2H3,(H2,12,16)(H2,13,14,15);1H. The Morgan fingerprint density at radius 2 is 2.21 bits per heavy atom. The molecule has 0 bridgehead atoms. The third kappa shape index (κ3) is 6.71. The van der Waals surface area contributed by atoms with Crippen molar-refractivity contribution in [2.24, 2.45) is 10.7 Å². The molecule has 0 saturated carbocycles. The first-order chi connectivity index (χ1) is 8.67. The molecule has 108 valence electrons. The molecule has 1 heterocycles. The quantitative estimate of drug-likeness (QED) is 0.288. The van der Waals surface area contributed by atoms with Gasteiger partial charge in [-0.25, -0.2) is 0 Å². The monoisotopic (exact) mass is 398 g/mol. The predicted molar refractivity (Wildman–Crippen MR) is 89.2 cm³/mol. The molecule has 0 unspecified atom stereocenters. The van der Waals surface area contributed by atoms with Crippen LogP contribution in [0.15, 0.2) is 21.5 Å². The zero-order chi connectivity index (χ0) is 13.4. The van der Waals surface area contributed by atoms with Gasteiger partial charge in [0.05, 0.1) is 6.54 Å². The highest BCUT2D eigenvalue weighted by molar-refractivity contribution is 14.0. The lowest BCUT2D eigenvalue weighted by Crippen LogP contribution is -2.37. The zero-order valence-electron chi connectivity index (χ0n) is 10.9. The van der Waals surface area contributed by atoms with Crippen LogP contribution in [0, 0.1) is 0 Å². The van der Waals surface area contributed by atoms with Crippen molar-refractivity contribution in [3.63, 3.8) is 0 Å². The van der Waals surface area contributed by atoms with Gasteiger partial charge in [-0.3, -0.25) is 9.79 Å². The summed E-state index contributed by atoms with van der Waals surface area (Å²) < 4.78 is 5.24. The lowest BCUT2D eigenvalue weighted by Gasteiger charge is -2.09. The maximum atomic E-state index is 10.9. The van der Waals surface area contributed by atoms with Crippen LogP contribution in [-0.2, 0) is 6.54 Å². The number of rotatable bonds is 6. The van der Waals surface area contributed by atoms with E-state index < -0.39 is 5.91 Å². The third-order valence-electron chi connectivity index (χ3n) is 2.16. The number of guanidine groups is 1. The number of hydrogen-bond acceptors (Lipinski definition) is 4. The minimum atomic E-state index is -0.566. The summed E-state index contributed by atoms with van der Waals surface area (Å²) in [6.45, 7) is 1.29. The molecule has 0 aliphatic rings. The van der Waals surface area contributed by atoms with E-state index in [0.29, 0.717) is 18.3 Å². The molecule has 1 rings (SSSR count). The molecular weight excluding hydrogens is 379 g/mol. The van der Waals surface area contributed by atoms with E-state index >= 15 is 0 Å². The molecule has 0 radical (unpaired) electrons. The van der Waals surface area contributed by atoms with Crippen LogP contribution >= 0.6 is 35.7 Å². The molecule has 0 saturated heterocycles. The van der Waals surface area contributed by atoms with Crippen molar-refractivity contribution >= 4 is 47.6 Å². The van der Waals surface area contributed by atoms with Gasteiger partial charge in [0.25, 0.3) is 5.91 Å². The maximum absolute atomic E-state index is 10.9. The molecule has 1 amide bonds. The van der Waals surface area contributed by atoms with E-state index in [1.165, 1.54) is 0 Å². The number of amides is 1. The van der Waals surface area contributed by atoms with E-state index in [4.69, 9.17) is 10.2 Å². The SMILES string of the molecule is CN=C(NCCSC)NCc1ccc(C(N)=O)o1.I. The Balaban J connectivity index is 0.00000324. The Hall–Kier alpha value is -0.900. The fourth-order valence-corrected chi connectivity index (χ4v) is 1.57. The fourth-order valence-electron chi connectivity index (χ4n) is 1.27. The normalized spacial score (nSPS) is 10.7. The van der Waals surface area contributed by atoms with Crippen molar-refractivity contribution < 1.29 is 9.21 Å². The van der Waals surface area contributed by atoms with Gasteiger partial charge in [-0.15, -0.1) is 24.0 Å². The average molecular weight is 398 g/mol. The molecule has 0 aliphatic carbocycles. The van der Waals surface area contributed by atoms with E-state index in [0.717, 1.165) is 12.3 Å². The molecule has 4 N–H and O–H groups in total. The number of halogens is 1. The summed E-state index contributed by atoms with van der Waals surface area (Å²) in [6, 6.07) is 3.27. The molecule has 1 aromatic heterocycles. The Morgan fingerprint density at radius 1 is 1.47 bits per heavy atom. The lowest BCUT2D eigenvalue weighted by atomic mass is 10.4. The number of carbonyl (C=O) groups excluding carboxylic acids is 1. The van der Waals surface area contributed by atoms with E-state index in [1.54, 1.807) is 30.9 Å². The van der Waals surface area contributed by atoms with Gasteiger partial charge in [0.2, 0.25) is 0 Å². The largest absolute Gasteiger partial charge is 0.454 e. The second-order valence-electron chi connectivity index (χ2n) is 3.48. The topological polar surface area (TPSA) is 92.6 Å². The lowest BCUT2D eigenvalue weighted by molar-refractivity contribution is 0.0972. The van der Waals surface area contributed by atoms with Crippen molar-refractivity contribution in [2.75, 3.05) is 25.6 Å². The summed E-state index contributed by atoms with van der Waals surface area (Å²) >= 11 is 1.76. The number of carbonyl (C=O) groups is 1. The second-order valence-corrected chi connectivity index (χ2v) is 4.46. The third-order valence-corrected chi connectivity index (χ3v) is 2.77. The Labute approximate surface area is 134 Å². The van der Waals surface area contributed by atoms with Gasteiger partial charge in [0, 0.05) is 19.3 Å². The zero-order valence-corrected chi connectivity index (χ0v) is 14.1. The number of nitrogens with zero attached hydrogens (tertiary/aromatic N) is 1. The van der Waals surface area contributed by atoms with Crippen LogP contribution in [0.1, 0.15) is 16.3 Å². The van der Waals surface area contributed by atoms with Gasteiger partial charge in [-0.05, 0) is 18.4 Å². The molecule has 19 heavy (non-hydrogen) atoms. The van der Waals surface area contributed by atoms with Gasteiger partial charge in [0.1, 0.15) is 5.76 Å². The van der Waals surface area contributed by atoms with E-state index in [1.807, 2.05) is 6.26 Å². The van der Waals surface area contributed by atoms with Crippen LogP contribution in [0.2, 0.25) is 0 Å². The molecule has 6 nitrogen and oxygen atoms in total. The van der Waals surface area contributed by atoms with Gasteiger partial charge in [-0.1, -0.05) is 0 Å². The van der Waals surface area contributed by atoms with Crippen molar-refractivity contribution in [2.45, 2.75) is 6.54 Å². The molecule has 0 spiro atoms. The van der Waals surface area contributed by atoms with Crippen molar-refractivity contribution in [1.82, 2.24) is 10.6 Å². The molecular formula is C11H19IN4O2S. The van der Waals surface area contributed by atoms with Crippen LogP contribution < -0.4 is 16.4 Å². The van der Waals surface area contributed by atoms with Crippen molar-refractivity contribution in [3.8, 4) is 0 Å². The highest BCUT2D eigenvalue weighted by atomic mass is 127. The summed E-state index contributed by atoms with van der Waals surface area (Å²) in [5, 5.41) is 6.24. The number of nitrogens with two attached hydrogens (primary N) is 1. The van der Waals surface area contributed by atoms with Crippen LogP contribution in [0.25, 0.3) is 0 Å². The average Bonchev–Trinajstić information content (AvgIpc) is 2.82. The minimum absolute atomic E-state index is 0. The number of primary amides is 1. The van der Waals surface area contributed by atoms with Gasteiger partial charge >= 0.3 is 0 Å². The molecule has 0 atom stereocenters. The molecule has 1 aromatic rings. The molecule has 0 fully saturated rings.